The van der Waals surface area contributed by atoms with Crippen molar-refractivity contribution in [2.24, 2.45) is 5.73 Å². The molecule has 12 heteroatoms. The van der Waals surface area contributed by atoms with Crippen LogP contribution in [0.5, 0.6) is 0 Å². The highest BCUT2D eigenvalue weighted by Gasteiger charge is 2.47. The van der Waals surface area contributed by atoms with Gasteiger partial charge in [0.2, 0.25) is 0 Å². The van der Waals surface area contributed by atoms with Crippen LogP contribution in [0.4, 0.5) is 0 Å². The van der Waals surface area contributed by atoms with Gasteiger partial charge in [0.05, 0.1) is 19.3 Å². The zero-order valence-electron chi connectivity index (χ0n) is 13.1. The predicted octanol–water partition coefficient (Wildman–Crippen LogP) is -6.07. The molecule has 11 atom stereocenters. The van der Waals surface area contributed by atoms with Crippen molar-refractivity contribution in [2.45, 2.75) is 67.5 Å². The van der Waals surface area contributed by atoms with Crippen LogP contribution in [-0.2, 0) is 14.2 Å². The highest BCUT2D eigenvalue weighted by molar-refractivity contribution is 4.93. The summed E-state index contributed by atoms with van der Waals surface area (Å²) in [6.45, 7) is -1.15. The summed E-state index contributed by atoms with van der Waals surface area (Å²) in [5.74, 6) is 0. The molecule has 2 saturated heterocycles. The maximum absolute atomic E-state index is 10.1. The first kappa shape index (κ1) is 20.8. The zero-order chi connectivity index (χ0) is 18.9. The van der Waals surface area contributed by atoms with E-state index in [1.165, 1.54) is 0 Å². The molecule has 2 fully saturated rings. The van der Waals surface area contributed by atoms with Gasteiger partial charge in [0.15, 0.2) is 12.6 Å². The maximum Gasteiger partial charge on any atom is 0.184 e. The molecule has 0 bridgehead atoms. The number of rotatable bonds is 5. The molecule has 0 aromatic rings. The van der Waals surface area contributed by atoms with Gasteiger partial charge >= 0.3 is 0 Å². The van der Waals surface area contributed by atoms with E-state index >= 15 is 0 Å². The van der Waals surface area contributed by atoms with E-state index in [1.807, 2.05) is 0 Å². The minimum atomic E-state index is -1.82. The number of ether oxygens (including phenoxy) is 3. The molecule has 0 aromatic carbocycles. The van der Waals surface area contributed by atoms with Crippen molar-refractivity contribution in [1.29, 1.82) is 0 Å². The van der Waals surface area contributed by atoms with Gasteiger partial charge in [-0.05, 0) is 0 Å². The third-order valence-electron chi connectivity index (χ3n) is 4.36. The van der Waals surface area contributed by atoms with Gasteiger partial charge in [0.25, 0.3) is 0 Å². The van der Waals surface area contributed by atoms with E-state index in [1.54, 1.807) is 0 Å². The molecule has 0 saturated carbocycles. The lowest BCUT2D eigenvalue weighted by atomic mass is 9.95. The van der Waals surface area contributed by atoms with E-state index in [9.17, 15) is 35.7 Å². The molecule has 25 heavy (non-hydrogen) atoms. The maximum atomic E-state index is 10.1. The van der Waals surface area contributed by atoms with E-state index in [0.717, 1.165) is 0 Å². The van der Waals surface area contributed by atoms with Crippen molar-refractivity contribution in [3.63, 3.8) is 0 Å². The lowest BCUT2D eigenvalue weighted by Crippen LogP contribution is -2.63. The normalized spacial score (nSPS) is 49.8. The summed E-state index contributed by atoms with van der Waals surface area (Å²) < 4.78 is 15.3. The van der Waals surface area contributed by atoms with Gasteiger partial charge in [-0.2, -0.15) is 0 Å². The Morgan fingerprint density at radius 1 is 0.880 bits per heavy atom. The highest BCUT2D eigenvalue weighted by atomic mass is 16.7. The smallest absolute Gasteiger partial charge is 0.184 e. The second-order valence-electron chi connectivity index (χ2n) is 6.15. The molecular weight excluding hydrogens is 346 g/mol. The van der Waals surface area contributed by atoms with Crippen molar-refractivity contribution in [3.05, 3.63) is 0 Å². The number of hydrogen-bond donors (Lipinski definition) is 9. The highest BCUT2D eigenvalue weighted by Crippen LogP contribution is 2.24. The second kappa shape index (κ2) is 8.47. The molecule has 0 aliphatic carbocycles. The summed E-state index contributed by atoms with van der Waals surface area (Å²) in [4.78, 5) is 0. The fourth-order valence-electron chi connectivity index (χ4n) is 2.75. The summed E-state index contributed by atoms with van der Waals surface area (Å²) in [6.07, 6.45) is -15.3. The molecule has 148 valence electrons. The Hall–Kier alpha value is -0.480. The van der Waals surface area contributed by atoms with Gasteiger partial charge in [0.1, 0.15) is 48.8 Å². The van der Waals surface area contributed by atoms with Gasteiger partial charge in [0, 0.05) is 0 Å². The molecule has 2 aliphatic rings. The van der Waals surface area contributed by atoms with Crippen LogP contribution in [0.25, 0.3) is 0 Å². The first-order valence-electron chi connectivity index (χ1n) is 7.74. The molecule has 2 rings (SSSR count). The van der Waals surface area contributed by atoms with Crippen molar-refractivity contribution in [3.8, 4) is 0 Å². The van der Waals surface area contributed by atoms with Crippen LogP contribution in [0.1, 0.15) is 0 Å². The summed E-state index contributed by atoms with van der Waals surface area (Å²) in [6, 6.07) is -1.18. The van der Waals surface area contributed by atoms with Gasteiger partial charge < -0.3 is 60.8 Å². The summed E-state index contributed by atoms with van der Waals surface area (Å²) in [5, 5.41) is 76.9. The average molecular weight is 371 g/mol. The first-order valence-corrected chi connectivity index (χ1v) is 7.74. The Kier molecular flexibility index (Phi) is 7.06. The second-order valence-corrected chi connectivity index (χ2v) is 6.15. The molecule has 0 amide bonds. The minimum absolute atomic E-state index is 0.545. The van der Waals surface area contributed by atoms with Crippen LogP contribution < -0.4 is 5.73 Å². The van der Waals surface area contributed by atoms with Gasteiger partial charge in [-0.15, -0.1) is 0 Å². The van der Waals surface area contributed by atoms with Crippen molar-refractivity contribution < 1.29 is 55.1 Å². The molecule has 0 unspecified atom stereocenters. The molecule has 0 spiro atoms. The lowest BCUT2D eigenvalue weighted by Gasteiger charge is -2.42. The topological polar surface area (TPSA) is 216 Å². The standard InChI is InChI=1S/C13H25NO11/c14-5-7(18)6(17)4(1-15)24-13(5)23-2-3(16)11-9(20)8(19)10(21)12(22)25-11/h3-13,15-22H,1-2,14H2/t3-,4+,5+,6+,7+,8-,9-,10-,11+,12-,13+/m0/s1. The Morgan fingerprint density at radius 2 is 1.52 bits per heavy atom. The molecule has 0 radical (unpaired) electrons. The Labute approximate surface area is 142 Å². The predicted molar refractivity (Wildman–Crippen MR) is 76.6 cm³/mol. The van der Waals surface area contributed by atoms with Gasteiger partial charge in [-0.25, -0.2) is 0 Å². The number of aliphatic hydroxyl groups is 8. The number of hydrogen-bond acceptors (Lipinski definition) is 12. The first-order chi connectivity index (χ1) is 11.7. The van der Waals surface area contributed by atoms with Crippen LogP contribution in [-0.4, -0.2) is 122 Å². The van der Waals surface area contributed by atoms with E-state index in [2.05, 4.69) is 0 Å². The summed E-state index contributed by atoms with van der Waals surface area (Å²) in [7, 11) is 0. The number of aliphatic hydroxyl groups excluding tert-OH is 8. The van der Waals surface area contributed by atoms with Gasteiger partial charge in [-0.1, -0.05) is 0 Å². The SMILES string of the molecule is N[C@H]1[C@H](OC[C@H](O)[C@H]2O[C@H](O)[C@@H](O)[C@@H](O)[C@@H]2O)O[C@H](CO)[C@@H](O)[C@@H]1O. The molecule has 2 heterocycles. The van der Waals surface area contributed by atoms with Crippen molar-refractivity contribution in [1.82, 2.24) is 0 Å². The van der Waals surface area contributed by atoms with Gasteiger partial charge in [-0.3, -0.25) is 0 Å². The fraction of sp³-hybridized carbons (Fsp3) is 1.00. The van der Waals surface area contributed by atoms with E-state index in [4.69, 9.17) is 25.1 Å². The van der Waals surface area contributed by atoms with Crippen LogP contribution in [0.3, 0.4) is 0 Å². The monoisotopic (exact) mass is 371 g/mol. The third-order valence-corrected chi connectivity index (χ3v) is 4.36. The average Bonchev–Trinajstić information content (AvgIpc) is 2.60. The quantitative estimate of drug-likeness (QED) is 0.221. The largest absolute Gasteiger partial charge is 0.394 e. The minimum Gasteiger partial charge on any atom is -0.394 e. The Morgan fingerprint density at radius 3 is 2.12 bits per heavy atom. The molecule has 2 aliphatic heterocycles. The lowest BCUT2D eigenvalue weighted by molar-refractivity contribution is -0.308. The van der Waals surface area contributed by atoms with Crippen molar-refractivity contribution in [2.75, 3.05) is 13.2 Å². The summed E-state index contributed by atoms with van der Waals surface area (Å²) >= 11 is 0. The van der Waals surface area contributed by atoms with E-state index in [0.29, 0.717) is 0 Å². The molecular formula is C13H25NO11. The fourth-order valence-corrected chi connectivity index (χ4v) is 2.75. The van der Waals surface area contributed by atoms with Crippen LogP contribution in [0.15, 0.2) is 0 Å². The molecule has 0 aromatic heterocycles. The third kappa shape index (κ3) is 4.27. The number of nitrogens with two attached hydrogens (primary N) is 1. The van der Waals surface area contributed by atoms with Crippen molar-refractivity contribution >= 4 is 0 Å². The Bertz CT molecular complexity index is 427. The summed E-state index contributed by atoms with van der Waals surface area (Å²) in [5.41, 5.74) is 5.67. The Balaban J connectivity index is 1.93. The molecule has 12 nitrogen and oxygen atoms in total. The van der Waals surface area contributed by atoms with Crippen LogP contribution in [0, 0.1) is 0 Å². The zero-order valence-corrected chi connectivity index (χ0v) is 13.1. The van der Waals surface area contributed by atoms with Crippen LogP contribution in [0.2, 0.25) is 0 Å². The molecule has 10 N–H and O–H groups in total. The van der Waals surface area contributed by atoms with E-state index in [-0.39, 0.29) is 0 Å². The van der Waals surface area contributed by atoms with Crippen LogP contribution >= 0.6 is 0 Å². The van der Waals surface area contributed by atoms with E-state index < -0.39 is 80.7 Å².